The molecular formula is C42H26N2O. The highest BCUT2D eigenvalue weighted by Crippen LogP contribution is 2.41. The van der Waals surface area contributed by atoms with Crippen LogP contribution in [-0.2, 0) is 0 Å². The molecule has 0 radical (unpaired) electrons. The number of hydrogen-bond acceptors (Lipinski definition) is 1. The number of aromatic nitrogens is 2. The Labute approximate surface area is 258 Å². The maximum absolute atomic E-state index is 6.40. The van der Waals surface area contributed by atoms with Crippen molar-refractivity contribution in [2.45, 2.75) is 0 Å². The van der Waals surface area contributed by atoms with E-state index in [0.29, 0.717) is 0 Å². The number of hydrogen-bond donors (Lipinski definition) is 0. The van der Waals surface area contributed by atoms with Crippen molar-refractivity contribution in [3.8, 4) is 22.5 Å². The summed E-state index contributed by atoms with van der Waals surface area (Å²) >= 11 is 0. The van der Waals surface area contributed by atoms with Crippen molar-refractivity contribution < 1.29 is 4.42 Å². The zero-order valence-corrected chi connectivity index (χ0v) is 24.3. The number of furan rings is 1. The highest BCUT2D eigenvalue weighted by Gasteiger charge is 2.18. The lowest BCUT2D eigenvalue weighted by molar-refractivity contribution is 0.669. The van der Waals surface area contributed by atoms with Crippen LogP contribution in [0.25, 0.3) is 88.1 Å². The summed E-state index contributed by atoms with van der Waals surface area (Å²) in [6, 6.07) is 56.5. The predicted molar refractivity (Wildman–Crippen MR) is 188 cm³/mol. The van der Waals surface area contributed by atoms with Crippen molar-refractivity contribution in [3.05, 3.63) is 158 Å². The molecule has 0 N–H and O–H groups in total. The third kappa shape index (κ3) is 3.46. The van der Waals surface area contributed by atoms with Gasteiger partial charge in [-0.15, -0.1) is 0 Å². The second-order valence-electron chi connectivity index (χ2n) is 11.8. The van der Waals surface area contributed by atoms with E-state index in [4.69, 9.17) is 4.42 Å². The molecule has 0 atom stereocenters. The van der Waals surface area contributed by atoms with Gasteiger partial charge in [0.05, 0.1) is 22.1 Å². The van der Waals surface area contributed by atoms with Crippen molar-refractivity contribution >= 4 is 65.6 Å². The summed E-state index contributed by atoms with van der Waals surface area (Å²) in [4.78, 5) is 0. The zero-order chi connectivity index (χ0) is 29.5. The third-order valence-corrected chi connectivity index (χ3v) is 9.31. The monoisotopic (exact) mass is 574 g/mol. The molecule has 0 saturated carbocycles. The lowest BCUT2D eigenvalue weighted by atomic mass is 9.98. The van der Waals surface area contributed by atoms with Crippen LogP contribution >= 0.6 is 0 Å². The summed E-state index contributed by atoms with van der Waals surface area (Å²) in [7, 11) is 0. The Bertz CT molecular complexity index is 2710. The lowest BCUT2D eigenvalue weighted by Gasteiger charge is -2.09. The van der Waals surface area contributed by atoms with Crippen molar-refractivity contribution in [2.75, 3.05) is 0 Å². The number of benzene rings is 7. The van der Waals surface area contributed by atoms with E-state index in [9.17, 15) is 0 Å². The van der Waals surface area contributed by atoms with Crippen LogP contribution in [0.15, 0.2) is 162 Å². The fourth-order valence-electron chi connectivity index (χ4n) is 7.39. The van der Waals surface area contributed by atoms with Gasteiger partial charge in [-0.1, -0.05) is 91.0 Å². The van der Waals surface area contributed by atoms with Gasteiger partial charge in [0, 0.05) is 43.7 Å². The highest BCUT2D eigenvalue weighted by atomic mass is 16.3. The molecule has 10 rings (SSSR count). The van der Waals surface area contributed by atoms with E-state index in [1.165, 1.54) is 54.7 Å². The summed E-state index contributed by atoms with van der Waals surface area (Å²) < 4.78 is 11.1. The molecule has 0 bridgehead atoms. The Balaban J connectivity index is 1.22. The quantitative estimate of drug-likeness (QED) is 0.206. The summed E-state index contributed by atoms with van der Waals surface area (Å²) in [5.74, 6) is 0. The van der Waals surface area contributed by atoms with Crippen LogP contribution in [0.2, 0.25) is 0 Å². The van der Waals surface area contributed by atoms with Gasteiger partial charge in [0.1, 0.15) is 11.2 Å². The first kappa shape index (κ1) is 24.4. The van der Waals surface area contributed by atoms with Crippen LogP contribution in [0.4, 0.5) is 0 Å². The molecule has 3 aromatic heterocycles. The van der Waals surface area contributed by atoms with Gasteiger partial charge in [0.2, 0.25) is 0 Å². The van der Waals surface area contributed by atoms with E-state index in [2.05, 4.69) is 167 Å². The fraction of sp³-hybridized carbons (Fsp3) is 0. The second kappa shape index (κ2) is 9.22. The lowest BCUT2D eigenvalue weighted by Crippen LogP contribution is -1.93. The summed E-state index contributed by atoms with van der Waals surface area (Å²) in [5.41, 5.74) is 11.3. The van der Waals surface area contributed by atoms with Crippen molar-refractivity contribution in [2.24, 2.45) is 0 Å². The average molecular weight is 575 g/mol. The molecule has 0 aliphatic carbocycles. The number of para-hydroxylation sites is 4. The Morgan fingerprint density at radius 1 is 0.356 bits per heavy atom. The van der Waals surface area contributed by atoms with Crippen LogP contribution in [0.5, 0.6) is 0 Å². The van der Waals surface area contributed by atoms with Crippen LogP contribution in [0.1, 0.15) is 0 Å². The van der Waals surface area contributed by atoms with Gasteiger partial charge in [0.15, 0.2) is 0 Å². The zero-order valence-electron chi connectivity index (χ0n) is 24.3. The van der Waals surface area contributed by atoms with Gasteiger partial charge in [-0.25, -0.2) is 0 Å². The molecule has 0 amide bonds. The summed E-state index contributed by atoms with van der Waals surface area (Å²) in [5, 5.41) is 7.26. The van der Waals surface area contributed by atoms with E-state index < -0.39 is 0 Å². The predicted octanol–water partition coefficient (Wildman–Crippen LogP) is 11.4. The van der Waals surface area contributed by atoms with Gasteiger partial charge in [-0.05, 0) is 77.9 Å². The molecule has 0 fully saturated rings. The van der Waals surface area contributed by atoms with Gasteiger partial charge in [0.25, 0.3) is 0 Å². The van der Waals surface area contributed by atoms with E-state index in [-0.39, 0.29) is 0 Å². The van der Waals surface area contributed by atoms with E-state index >= 15 is 0 Å². The maximum Gasteiger partial charge on any atom is 0.135 e. The standard InChI is InChI=1S/C42H26N2O/c1-2-11-28(12-3-1)43-38-19-9-6-15-33(38)42-30(16-10-20-39(42)43)27-21-23-40-34(25-27)35-26-29(22-24-41(35)45-40)44-36-17-7-4-13-31(36)32-14-5-8-18-37(32)44/h1-26H. The van der Waals surface area contributed by atoms with Crippen LogP contribution in [-0.4, -0.2) is 9.13 Å². The SMILES string of the molecule is c1ccc(-n2c3ccccc3c3c(-c4ccc5oc6ccc(-n7c8ccccc8c8ccccc87)cc6c5c4)cccc32)cc1. The molecule has 0 aliphatic heterocycles. The second-order valence-corrected chi connectivity index (χ2v) is 11.8. The number of rotatable bonds is 3. The molecule has 210 valence electrons. The molecule has 45 heavy (non-hydrogen) atoms. The normalized spacial score (nSPS) is 12.0. The molecule has 3 heterocycles. The summed E-state index contributed by atoms with van der Waals surface area (Å²) in [6.07, 6.45) is 0. The Morgan fingerprint density at radius 3 is 1.64 bits per heavy atom. The van der Waals surface area contributed by atoms with Crippen LogP contribution < -0.4 is 0 Å². The average Bonchev–Trinajstić information content (AvgIpc) is 3.76. The van der Waals surface area contributed by atoms with Crippen molar-refractivity contribution in [1.82, 2.24) is 9.13 Å². The van der Waals surface area contributed by atoms with E-state index in [0.717, 1.165) is 33.3 Å². The first-order valence-electron chi connectivity index (χ1n) is 15.4. The molecule has 3 heteroatoms. The van der Waals surface area contributed by atoms with E-state index in [1.54, 1.807) is 0 Å². The minimum atomic E-state index is 0.894. The molecule has 0 aliphatic rings. The van der Waals surface area contributed by atoms with Crippen LogP contribution in [0.3, 0.4) is 0 Å². The summed E-state index contributed by atoms with van der Waals surface area (Å²) in [6.45, 7) is 0. The molecule has 0 unspecified atom stereocenters. The molecule has 0 spiro atoms. The molecule has 7 aromatic carbocycles. The van der Waals surface area contributed by atoms with Gasteiger partial charge < -0.3 is 13.6 Å². The van der Waals surface area contributed by atoms with Crippen LogP contribution in [0, 0.1) is 0 Å². The van der Waals surface area contributed by atoms with E-state index in [1.807, 2.05) is 0 Å². The van der Waals surface area contributed by atoms with Gasteiger partial charge >= 0.3 is 0 Å². The topological polar surface area (TPSA) is 23.0 Å². The third-order valence-electron chi connectivity index (χ3n) is 9.31. The first-order valence-corrected chi connectivity index (χ1v) is 15.4. The largest absolute Gasteiger partial charge is 0.456 e. The minimum Gasteiger partial charge on any atom is -0.456 e. The molecule has 0 saturated heterocycles. The van der Waals surface area contributed by atoms with Crippen molar-refractivity contribution in [3.63, 3.8) is 0 Å². The fourth-order valence-corrected chi connectivity index (χ4v) is 7.39. The van der Waals surface area contributed by atoms with Gasteiger partial charge in [-0.3, -0.25) is 0 Å². The highest BCUT2D eigenvalue weighted by molar-refractivity contribution is 6.17. The number of fused-ring (bicyclic) bond motifs is 9. The van der Waals surface area contributed by atoms with Gasteiger partial charge in [-0.2, -0.15) is 0 Å². The Hall–Kier alpha value is -6.06. The smallest absolute Gasteiger partial charge is 0.135 e. The Kier molecular flexibility index (Phi) is 5.00. The first-order chi connectivity index (χ1) is 22.3. The molecular weight excluding hydrogens is 548 g/mol. The van der Waals surface area contributed by atoms with Crippen molar-refractivity contribution in [1.29, 1.82) is 0 Å². The minimum absolute atomic E-state index is 0.894. The number of nitrogens with zero attached hydrogens (tertiary/aromatic N) is 2. The molecule has 10 aromatic rings. The molecule has 3 nitrogen and oxygen atoms in total. The maximum atomic E-state index is 6.40. The Morgan fingerprint density at radius 2 is 0.911 bits per heavy atom.